The summed E-state index contributed by atoms with van der Waals surface area (Å²) >= 11 is 0. The SMILES string of the molecule is Cc1noc(C)c1-c1cc(C(O)(c2ccncc2)c2ccncc2)c2nc(C3CC3)[nH]c2c1. The molecule has 33 heavy (non-hydrogen) atoms. The highest BCUT2D eigenvalue weighted by Crippen LogP contribution is 2.44. The number of pyridine rings is 2. The molecule has 1 fully saturated rings. The molecule has 0 saturated heterocycles. The van der Waals surface area contributed by atoms with Gasteiger partial charge in [-0.15, -0.1) is 0 Å². The van der Waals surface area contributed by atoms with Crippen molar-refractivity contribution in [2.24, 2.45) is 0 Å². The monoisotopic (exact) mass is 437 g/mol. The van der Waals surface area contributed by atoms with Crippen molar-refractivity contribution in [1.29, 1.82) is 0 Å². The molecule has 0 amide bonds. The number of fused-ring (bicyclic) bond motifs is 1. The molecule has 5 aromatic rings. The number of hydrogen-bond acceptors (Lipinski definition) is 6. The molecule has 0 unspecified atom stereocenters. The van der Waals surface area contributed by atoms with E-state index in [2.05, 4.69) is 26.2 Å². The van der Waals surface area contributed by atoms with Gasteiger partial charge in [-0.2, -0.15) is 0 Å². The Kier molecular flexibility index (Phi) is 4.41. The lowest BCUT2D eigenvalue weighted by Crippen LogP contribution is -2.29. The number of aromatic amines is 1. The van der Waals surface area contributed by atoms with Crippen LogP contribution < -0.4 is 0 Å². The molecule has 0 aliphatic heterocycles. The zero-order chi connectivity index (χ0) is 22.6. The maximum absolute atomic E-state index is 12.5. The molecule has 0 spiro atoms. The van der Waals surface area contributed by atoms with E-state index in [9.17, 15) is 5.11 Å². The minimum absolute atomic E-state index is 0.447. The van der Waals surface area contributed by atoms with Crippen molar-refractivity contribution in [2.45, 2.75) is 38.2 Å². The number of H-pyrrole nitrogens is 1. The third kappa shape index (κ3) is 3.15. The second kappa shape index (κ2) is 7.35. The summed E-state index contributed by atoms with van der Waals surface area (Å²) in [6.07, 6.45) is 9.03. The smallest absolute Gasteiger partial charge is 0.142 e. The third-order valence-corrected chi connectivity index (χ3v) is 6.48. The predicted molar refractivity (Wildman–Crippen MR) is 124 cm³/mol. The first-order valence-corrected chi connectivity index (χ1v) is 11.1. The van der Waals surface area contributed by atoms with E-state index in [4.69, 9.17) is 9.51 Å². The number of aromatic nitrogens is 5. The van der Waals surface area contributed by atoms with Crippen LogP contribution in [0.2, 0.25) is 0 Å². The Bertz CT molecular complexity index is 1390. The summed E-state index contributed by atoms with van der Waals surface area (Å²) in [7, 11) is 0. The second-order valence-corrected chi connectivity index (χ2v) is 8.70. The van der Waals surface area contributed by atoms with Crippen molar-refractivity contribution in [1.82, 2.24) is 25.1 Å². The van der Waals surface area contributed by atoms with Gasteiger partial charge in [0.05, 0.1) is 16.7 Å². The van der Waals surface area contributed by atoms with E-state index in [0.717, 1.165) is 52.3 Å². The summed E-state index contributed by atoms with van der Waals surface area (Å²) in [5.74, 6) is 2.15. The van der Waals surface area contributed by atoms with E-state index in [1.54, 1.807) is 24.8 Å². The first-order chi connectivity index (χ1) is 16.1. The number of rotatable bonds is 5. The van der Waals surface area contributed by atoms with Gasteiger partial charge >= 0.3 is 0 Å². The number of benzene rings is 1. The fourth-order valence-corrected chi connectivity index (χ4v) is 4.67. The molecule has 6 rings (SSSR count). The summed E-state index contributed by atoms with van der Waals surface area (Å²) in [6.45, 7) is 3.83. The largest absolute Gasteiger partial charge is 0.376 e. The topological polar surface area (TPSA) is 101 Å². The van der Waals surface area contributed by atoms with Crippen LogP contribution in [-0.2, 0) is 5.60 Å². The van der Waals surface area contributed by atoms with Gasteiger partial charge in [-0.25, -0.2) is 4.98 Å². The highest BCUT2D eigenvalue weighted by atomic mass is 16.5. The lowest BCUT2D eigenvalue weighted by molar-refractivity contribution is 0.127. The van der Waals surface area contributed by atoms with E-state index < -0.39 is 5.60 Å². The molecule has 0 radical (unpaired) electrons. The minimum atomic E-state index is -1.46. The molecule has 1 aliphatic rings. The van der Waals surface area contributed by atoms with Crippen LogP contribution in [0, 0.1) is 13.8 Å². The van der Waals surface area contributed by atoms with Crippen LogP contribution >= 0.6 is 0 Å². The zero-order valence-electron chi connectivity index (χ0n) is 18.4. The van der Waals surface area contributed by atoms with Crippen molar-refractivity contribution < 1.29 is 9.63 Å². The van der Waals surface area contributed by atoms with Crippen molar-refractivity contribution in [2.75, 3.05) is 0 Å². The van der Waals surface area contributed by atoms with Crippen molar-refractivity contribution in [3.8, 4) is 11.1 Å². The van der Waals surface area contributed by atoms with E-state index in [0.29, 0.717) is 22.6 Å². The predicted octanol–water partition coefficient (Wildman–Crippen LogP) is 4.79. The molecule has 7 heteroatoms. The molecule has 164 valence electrons. The molecule has 4 aromatic heterocycles. The van der Waals surface area contributed by atoms with Crippen LogP contribution in [-0.4, -0.2) is 30.2 Å². The summed E-state index contributed by atoms with van der Waals surface area (Å²) in [5, 5.41) is 16.6. The van der Waals surface area contributed by atoms with Gasteiger partial charge in [0.2, 0.25) is 0 Å². The second-order valence-electron chi connectivity index (χ2n) is 8.70. The number of imidazole rings is 1. The summed E-state index contributed by atoms with van der Waals surface area (Å²) in [6, 6.07) is 11.4. The Labute approximate surface area is 190 Å². The third-order valence-electron chi connectivity index (χ3n) is 6.48. The maximum atomic E-state index is 12.5. The Morgan fingerprint density at radius 1 is 0.970 bits per heavy atom. The number of hydrogen-bond donors (Lipinski definition) is 2. The number of aliphatic hydroxyl groups is 1. The average Bonchev–Trinajstić information content (AvgIpc) is 3.53. The highest BCUT2D eigenvalue weighted by Gasteiger charge is 2.38. The van der Waals surface area contributed by atoms with Gasteiger partial charge in [0, 0.05) is 41.8 Å². The summed E-state index contributed by atoms with van der Waals surface area (Å²) in [4.78, 5) is 16.8. The Morgan fingerprint density at radius 2 is 1.61 bits per heavy atom. The Hall–Kier alpha value is -3.84. The number of aryl methyl sites for hydroxylation is 2. The van der Waals surface area contributed by atoms with Crippen molar-refractivity contribution in [3.05, 3.63) is 95.2 Å². The van der Waals surface area contributed by atoms with Gasteiger partial charge in [-0.1, -0.05) is 5.16 Å². The molecule has 7 nitrogen and oxygen atoms in total. The lowest BCUT2D eigenvalue weighted by Gasteiger charge is -2.30. The van der Waals surface area contributed by atoms with E-state index >= 15 is 0 Å². The van der Waals surface area contributed by atoms with Gasteiger partial charge < -0.3 is 14.6 Å². The highest BCUT2D eigenvalue weighted by molar-refractivity contribution is 5.88. The molecular formula is C26H23N5O2. The summed E-state index contributed by atoms with van der Waals surface area (Å²) < 4.78 is 5.46. The molecule has 1 aliphatic carbocycles. The van der Waals surface area contributed by atoms with Gasteiger partial charge in [-0.3, -0.25) is 9.97 Å². The first kappa shape index (κ1) is 19.8. The molecule has 0 atom stereocenters. The Balaban J connectivity index is 1.70. The number of nitrogens with one attached hydrogen (secondary N) is 1. The zero-order valence-corrected chi connectivity index (χ0v) is 18.4. The van der Waals surface area contributed by atoms with Gasteiger partial charge in [-0.05, 0) is 79.8 Å². The van der Waals surface area contributed by atoms with Crippen LogP contribution in [0.25, 0.3) is 22.2 Å². The molecule has 1 saturated carbocycles. The van der Waals surface area contributed by atoms with E-state index in [1.807, 2.05) is 44.2 Å². The molecule has 1 aromatic carbocycles. The lowest BCUT2D eigenvalue weighted by atomic mass is 9.79. The van der Waals surface area contributed by atoms with Crippen LogP contribution in [0.4, 0.5) is 0 Å². The van der Waals surface area contributed by atoms with Crippen LogP contribution in [0.3, 0.4) is 0 Å². The molecular weight excluding hydrogens is 414 g/mol. The van der Waals surface area contributed by atoms with E-state index in [-0.39, 0.29) is 0 Å². The first-order valence-electron chi connectivity index (χ1n) is 11.1. The maximum Gasteiger partial charge on any atom is 0.142 e. The molecule has 0 bridgehead atoms. The standard InChI is InChI=1S/C26H23N5O2/c1-15-23(16(2)33-31-15)18-13-21(24-22(14-18)29-25(30-24)17-3-4-17)26(32,19-5-9-27-10-6-19)20-7-11-28-12-8-20/h5-14,17,32H,3-4H2,1-2H3,(H,29,30). The van der Waals surface area contributed by atoms with Crippen LogP contribution in [0.5, 0.6) is 0 Å². The van der Waals surface area contributed by atoms with Crippen molar-refractivity contribution in [3.63, 3.8) is 0 Å². The van der Waals surface area contributed by atoms with Crippen LogP contribution in [0.15, 0.2) is 65.7 Å². The van der Waals surface area contributed by atoms with Crippen LogP contribution in [0.1, 0.15) is 52.7 Å². The normalized spacial score (nSPS) is 14.2. The quantitative estimate of drug-likeness (QED) is 0.410. The summed E-state index contributed by atoms with van der Waals surface area (Å²) in [5.41, 5.74) is 4.92. The average molecular weight is 438 g/mol. The fourth-order valence-electron chi connectivity index (χ4n) is 4.67. The van der Waals surface area contributed by atoms with Gasteiger partial charge in [0.25, 0.3) is 0 Å². The van der Waals surface area contributed by atoms with Gasteiger partial charge in [0.1, 0.15) is 17.2 Å². The molecule has 2 N–H and O–H groups in total. The number of nitrogens with zero attached hydrogens (tertiary/aromatic N) is 4. The van der Waals surface area contributed by atoms with E-state index in [1.165, 1.54) is 0 Å². The molecule has 4 heterocycles. The van der Waals surface area contributed by atoms with Crippen molar-refractivity contribution >= 4 is 11.0 Å². The minimum Gasteiger partial charge on any atom is -0.376 e. The Morgan fingerprint density at radius 3 is 2.15 bits per heavy atom. The van der Waals surface area contributed by atoms with Gasteiger partial charge in [0.15, 0.2) is 0 Å². The fraction of sp³-hybridized carbons (Fsp3) is 0.231.